The van der Waals surface area contributed by atoms with Gasteiger partial charge in [0, 0.05) is 28.1 Å². The first-order chi connectivity index (χ1) is 16.5. The maximum Gasteiger partial charge on any atom is 0.115 e. The Kier molecular flexibility index (Phi) is 5.83. The monoisotopic (exact) mass is 466 g/mol. The highest BCUT2D eigenvalue weighted by molar-refractivity contribution is 6.30. The molecule has 0 fully saturated rings. The van der Waals surface area contributed by atoms with E-state index in [9.17, 15) is 10.2 Å². The molecule has 0 atom stereocenters. The summed E-state index contributed by atoms with van der Waals surface area (Å²) in [7, 11) is 0. The molecule has 4 aromatic carbocycles. The summed E-state index contributed by atoms with van der Waals surface area (Å²) in [5.41, 5.74) is 7.76. The molecule has 0 unspecified atom stereocenters. The van der Waals surface area contributed by atoms with Crippen molar-refractivity contribution in [1.29, 1.82) is 0 Å². The van der Waals surface area contributed by atoms with Gasteiger partial charge in [-0.3, -0.25) is 0 Å². The van der Waals surface area contributed by atoms with E-state index in [0.29, 0.717) is 11.4 Å². The zero-order chi connectivity index (χ0) is 23.7. The number of hydrogen-bond acceptors (Lipinski definition) is 3. The van der Waals surface area contributed by atoms with Crippen molar-refractivity contribution >= 4 is 11.6 Å². The molecule has 0 saturated carbocycles. The molecule has 5 heteroatoms. The van der Waals surface area contributed by atoms with Crippen molar-refractivity contribution in [1.82, 2.24) is 9.78 Å². The van der Waals surface area contributed by atoms with Crippen LogP contribution in [0.3, 0.4) is 0 Å². The van der Waals surface area contributed by atoms with Crippen LogP contribution < -0.4 is 0 Å². The van der Waals surface area contributed by atoms with Crippen LogP contribution in [0.25, 0.3) is 28.2 Å². The van der Waals surface area contributed by atoms with Crippen molar-refractivity contribution in [2.45, 2.75) is 13.3 Å². The van der Waals surface area contributed by atoms with Crippen molar-refractivity contribution < 1.29 is 10.2 Å². The molecule has 5 aromatic rings. The minimum Gasteiger partial charge on any atom is -0.508 e. The van der Waals surface area contributed by atoms with Gasteiger partial charge in [0.25, 0.3) is 0 Å². The lowest BCUT2D eigenvalue weighted by molar-refractivity contribution is 0.475. The lowest BCUT2D eigenvalue weighted by Gasteiger charge is -2.13. The van der Waals surface area contributed by atoms with Crippen molar-refractivity contribution in [2.24, 2.45) is 0 Å². The fourth-order valence-electron chi connectivity index (χ4n) is 4.22. The Hall–Kier alpha value is -4.02. The van der Waals surface area contributed by atoms with Gasteiger partial charge in [-0.25, -0.2) is 4.68 Å². The van der Waals surface area contributed by atoms with E-state index in [1.54, 1.807) is 24.3 Å². The molecule has 0 aliphatic rings. The summed E-state index contributed by atoms with van der Waals surface area (Å²) in [5.74, 6) is 0.418. The molecule has 34 heavy (non-hydrogen) atoms. The van der Waals surface area contributed by atoms with Crippen LogP contribution >= 0.6 is 11.6 Å². The van der Waals surface area contributed by atoms with Crippen molar-refractivity contribution in [3.8, 4) is 39.7 Å². The van der Waals surface area contributed by atoms with Gasteiger partial charge in [0.05, 0.1) is 17.1 Å². The number of benzene rings is 4. The quantitative estimate of drug-likeness (QED) is 0.288. The minimum absolute atomic E-state index is 0.208. The van der Waals surface area contributed by atoms with Crippen molar-refractivity contribution in [3.63, 3.8) is 0 Å². The predicted molar refractivity (Wildman–Crippen MR) is 137 cm³/mol. The molecule has 0 saturated heterocycles. The SMILES string of the molecule is Cc1cc(Cl)ccc1-n1nc(-c2ccc(O)cc2)c(Cc2ccccc2)c1-c1ccc(O)cc1. The first kappa shape index (κ1) is 21.8. The van der Waals surface area contributed by atoms with Crippen LogP contribution in [0.1, 0.15) is 16.7 Å². The summed E-state index contributed by atoms with van der Waals surface area (Å²) in [6.07, 6.45) is 0.667. The van der Waals surface area contributed by atoms with E-state index >= 15 is 0 Å². The largest absolute Gasteiger partial charge is 0.508 e. The number of rotatable bonds is 5. The number of phenols is 2. The highest BCUT2D eigenvalue weighted by Gasteiger charge is 2.23. The number of hydrogen-bond donors (Lipinski definition) is 2. The Morgan fingerprint density at radius 3 is 2.00 bits per heavy atom. The van der Waals surface area contributed by atoms with Crippen LogP contribution in [0.5, 0.6) is 11.5 Å². The molecule has 168 valence electrons. The lowest BCUT2D eigenvalue weighted by Crippen LogP contribution is -2.02. The number of halogens is 1. The van der Waals surface area contributed by atoms with Crippen LogP contribution in [0, 0.1) is 6.92 Å². The molecule has 0 radical (unpaired) electrons. The number of nitrogens with zero attached hydrogens (tertiary/aromatic N) is 2. The van der Waals surface area contributed by atoms with Gasteiger partial charge in [-0.2, -0.15) is 5.10 Å². The number of aryl methyl sites for hydroxylation is 1. The van der Waals surface area contributed by atoms with E-state index in [2.05, 4.69) is 12.1 Å². The van der Waals surface area contributed by atoms with Gasteiger partial charge in [-0.1, -0.05) is 41.9 Å². The summed E-state index contributed by atoms with van der Waals surface area (Å²) < 4.78 is 1.96. The van der Waals surface area contributed by atoms with Gasteiger partial charge in [-0.15, -0.1) is 0 Å². The zero-order valence-corrected chi connectivity index (χ0v) is 19.4. The van der Waals surface area contributed by atoms with E-state index in [1.165, 1.54) is 0 Å². The maximum absolute atomic E-state index is 9.92. The first-order valence-electron chi connectivity index (χ1n) is 11.0. The van der Waals surface area contributed by atoms with Gasteiger partial charge in [0.15, 0.2) is 0 Å². The molecule has 0 spiro atoms. The van der Waals surface area contributed by atoms with E-state index in [1.807, 2.05) is 72.3 Å². The van der Waals surface area contributed by atoms with Crippen LogP contribution in [0.15, 0.2) is 97.1 Å². The third-order valence-corrected chi connectivity index (χ3v) is 6.11. The normalized spacial score (nSPS) is 11.0. The smallest absolute Gasteiger partial charge is 0.115 e. The van der Waals surface area contributed by atoms with Gasteiger partial charge < -0.3 is 10.2 Å². The maximum atomic E-state index is 9.92. The highest BCUT2D eigenvalue weighted by atomic mass is 35.5. The second-order valence-corrected chi connectivity index (χ2v) is 8.71. The summed E-state index contributed by atoms with van der Waals surface area (Å²) in [6, 6.07) is 30.3. The van der Waals surface area contributed by atoms with Crippen molar-refractivity contribution in [2.75, 3.05) is 0 Å². The van der Waals surface area contributed by atoms with Gasteiger partial charge in [-0.05, 0) is 84.8 Å². The van der Waals surface area contributed by atoms with Crippen LogP contribution in [-0.2, 0) is 6.42 Å². The van der Waals surface area contributed by atoms with E-state index in [-0.39, 0.29) is 11.5 Å². The Labute approximate surface area is 203 Å². The average Bonchev–Trinajstić information content (AvgIpc) is 3.19. The first-order valence-corrected chi connectivity index (χ1v) is 11.4. The van der Waals surface area contributed by atoms with Crippen molar-refractivity contribution in [3.05, 3.63) is 119 Å². The van der Waals surface area contributed by atoms with E-state index in [0.717, 1.165) is 44.9 Å². The van der Waals surface area contributed by atoms with Gasteiger partial charge in [0.1, 0.15) is 11.5 Å². The Balaban J connectivity index is 1.82. The molecule has 5 rings (SSSR count). The Bertz CT molecular complexity index is 1440. The second kappa shape index (κ2) is 9.08. The zero-order valence-electron chi connectivity index (χ0n) is 18.6. The van der Waals surface area contributed by atoms with Gasteiger partial charge in [0.2, 0.25) is 0 Å². The number of aromatic hydroxyl groups is 2. The van der Waals surface area contributed by atoms with Crippen LogP contribution in [0.4, 0.5) is 0 Å². The van der Waals surface area contributed by atoms with Gasteiger partial charge >= 0.3 is 0 Å². The molecule has 2 N–H and O–H groups in total. The third-order valence-electron chi connectivity index (χ3n) is 5.88. The lowest BCUT2D eigenvalue weighted by atomic mass is 9.96. The fraction of sp³-hybridized carbons (Fsp3) is 0.0690. The predicted octanol–water partition coefficient (Wildman–Crippen LogP) is 7.17. The van der Waals surface area contributed by atoms with E-state index in [4.69, 9.17) is 16.7 Å². The molecule has 0 amide bonds. The molecule has 0 bridgehead atoms. The molecule has 0 aliphatic carbocycles. The van der Waals surface area contributed by atoms with Crippen LogP contribution in [-0.4, -0.2) is 20.0 Å². The highest BCUT2D eigenvalue weighted by Crippen LogP contribution is 2.37. The summed E-state index contributed by atoms with van der Waals surface area (Å²) in [6.45, 7) is 2.01. The Morgan fingerprint density at radius 2 is 1.38 bits per heavy atom. The van der Waals surface area contributed by atoms with E-state index < -0.39 is 0 Å². The standard InChI is InChI=1S/C29H23ClN2O2/c1-19-17-23(30)11-16-27(19)32-29(22-9-14-25(34)15-10-22)26(18-20-5-3-2-4-6-20)28(31-32)21-7-12-24(33)13-8-21/h2-17,33-34H,18H2,1H3. The molecule has 1 heterocycles. The average molecular weight is 467 g/mol. The fourth-order valence-corrected chi connectivity index (χ4v) is 4.44. The van der Waals surface area contributed by atoms with Crippen LogP contribution in [0.2, 0.25) is 5.02 Å². The molecular formula is C29H23ClN2O2. The Morgan fingerprint density at radius 1 is 0.765 bits per heavy atom. The second-order valence-electron chi connectivity index (χ2n) is 8.27. The third kappa shape index (κ3) is 4.28. The number of aromatic nitrogens is 2. The molecule has 0 aliphatic heterocycles. The number of phenolic OH excluding ortho intramolecular Hbond substituents is 2. The minimum atomic E-state index is 0.208. The molecule has 1 aromatic heterocycles. The topological polar surface area (TPSA) is 58.3 Å². The summed E-state index contributed by atoms with van der Waals surface area (Å²) in [5, 5.41) is 25.5. The summed E-state index contributed by atoms with van der Waals surface area (Å²) in [4.78, 5) is 0. The summed E-state index contributed by atoms with van der Waals surface area (Å²) >= 11 is 6.25. The molecule has 4 nitrogen and oxygen atoms in total. The molecular weight excluding hydrogens is 444 g/mol.